The predicted octanol–water partition coefficient (Wildman–Crippen LogP) is 3.80. The van der Waals surface area contributed by atoms with Crippen molar-refractivity contribution in [3.8, 4) is 0 Å². The molecule has 0 saturated heterocycles. The van der Waals surface area contributed by atoms with Gasteiger partial charge in [0.05, 0.1) is 0 Å². The van der Waals surface area contributed by atoms with Gasteiger partial charge in [-0.25, -0.2) is 9.97 Å². The molecule has 0 unspecified atom stereocenters. The molecule has 0 amide bonds. The molecule has 1 aromatic heterocycles. The number of anilines is 2. The highest BCUT2D eigenvalue weighted by molar-refractivity contribution is 5.50. The van der Waals surface area contributed by atoms with E-state index in [4.69, 9.17) is 4.98 Å². The second-order valence-corrected chi connectivity index (χ2v) is 5.88. The summed E-state index contributed by atoms with van der Waals surface area (Å²) in [5, 5.41) is 3.33. The Kier molecular flexibility index (Phi) is 5.21. The molecule has 0 aromatic carbocycles. The van der Waals surface area contributed by atoms with Crippen molar-refractivity contribution in [2.45, 2.75) is 65.3 Å². The molecule has 4 heteroatoms. The first kappa shape index (κ1) is 15.1. The van der Waals surface area contributed by atoms with E-state index in [0.717, 1.165) is 30.5 Å². The highest BCUT2D eigenvalue weighted by atomic mass is 15.2. The van der Waals surface area contributed by atoms with Crippen molar-refractivity contribution in [2.75, 3.05) is 23.3 Å². The second kappa shape index (κ2) is 6.91. The maximum absolute atomic E-state index is 4.81. The Bertz CT molecular complexity index is 424. The highest BCUT2D eigenvalue weighted by Crippen LogP contribution is 2.28. The molecule has 4 nitrogen and oxygen atoms in total. The van der Waals surface area contributed by atoms with E-state index >= 15 is 0 Å². The van der Waals surface area contributed by atoms with Crippen LogP contribution in [0.1, 0.15) is 65.1 Å². The van der Waals surface area contributed by atoms with Gasteiger partial charge in [0.2, 0.25) is 0 Å². The average Bonchev–Trinajstić information content (AvgIpc) is 2.93. The molecule has 0 aliphatic heterocycles. The van der Waals surface area contributed by atoms with E-state index in [0.29, 0.717) is 12.0 Å². The van der Waals surface area contributed by atoms with E-state index in [9.17, 15) is 0 Å². The lowest BCUT2D eigenvalue weighted by molar-refractivity contribution is 0.608. The SMILES string of the molecule is CCNc1cc(N(CC)C2CCCC2)nc(C(C)C)n1. The number of nitrogens with zero attached hydrogens (tertiary/aromatic N) is 3. The van der Waals surface area contributed by atoms with E-state index < -0.39 is 0 Å². The van der Waals surface area contributed by atoms with Crippen LogP contribution in [0.2, 0.25) is 0 Å². The van der Waals surface area contributed by atoms with Gasteiger partial charge < -0.3 is 10.2 Å². The summed E-state index contributed by atoms with van der Waals surface area (Å²) in [5.41, 5.74) is 0. The third kappa shape index (κ3) is 3.41. The smallest absolute Gasteiger partial charge is 0.135 e. The minimum absolute atomic E-state index is 0.356. The van der Waals surface area contributed by atoms with Crippen molar-refractivity contribution < 1.29 is 0 Å². The fourth-order valence-electron chi connectivity index (χ4n) is 2.95. The van der Waals surface area contributed by atoms with Crippen LogP contribution in [0.3, 0.4) is 0 Å². The van der Waals surface area contributed by atoms with Crippen LogP contribution in [0.5, 0.6) is 0 Å². The first-order valence-corrected chi connectivity index (χ1v) is 8.05. The Morgan fingerprint density at radius 3 is 2.50 bits per heavy atom. The molecular formula is C16H28N4. The monoisotopic (exact) mass is 276 g/mol. The molecule has 1 aliphatic carbocycles. The first-order chi connectivity index (χ1) is 9.65. The lowest BCUT2D eigenvalue weighted by Crippen LogP contribution is -2.34. The summed E-state index contributed by atoms with van der Waals surface area (Å²) in [4.78, 5) is 11.9. The second-order valence-electron chi connectivity index (χ2n) is 5.88. The first-order valence-electron chi connectivity index (χ1n) is 8.05. The van der Waals surface area contributed by atoms with Crippen LogP contribution in [-0.2, 0) is 0 Å². The molecule has 20 heavy (non-hydrogen) atoms. The van der Waals surface area contributed by atoms with E-state index in [1.165, 1.54) is 25.7 Å². The van der Waals surface area contributed by atoms with Crippen LogP contribution in [-0.4, -0.2) is 29.1 Å². The maximum atomic E-state index is 4.81. The minimum Gasteiger partial charge on any atom is -0.370 e. The van der Waals surface area contributed by atoms with E-state index in [-0.39, 0.29) is 0 Å². The molecule has 0 radical (unpaired) electrons. The molecule has 1 aromatic rings. The molecular weight excluding hydrogens is 248 g/mol. The van der Waals surface area contributed by atoms with Crippen molar-refractivity contribution in [1.29, 1.82) is 0 Å². The Hall–Kier alpha value is -1.32. The van der Waals surface area contributed by atoms with Crippen molar-refractivity contribution in [1.82, 2.24) is 9.97 Å². The molecule has 1 N–H and O–H groups in total. The zero-order chi connectivity index (χ0) is 14.5. The van der Waals surface area contributed by atoms with E-state index in [2.05, 4.69) is 49.0 Å². The Morgan fingerprint density at radius 2 is 1.95 bits per heavy atom. The Morgan fingerprint density at radius 1 is 1.25 bits per heavy atom. The largest absolute Gasteiger partial charge is 0.370 e. The number of hydrogen-bond donors (Lipinski definition) is 1. The standard InChI is InChI=1S/C16H28N4/c1-5-17-14-11-15(19-16(18-14)12(3)4)20(6-2)13-9-7-8-10-13/h11-13H,5-10H2,1-4H3,(H,17,18,19). The summed E-state index contributed by atoms with van der Waals surface area (Å²) in [6.45, 7) is 10.5. The van der Waals surface area contributed by atoms with E-state index in [1.807, 2.05) is 0 Å². The van der Waals surface area contributed by atoms with Crippen molar-refractivity contribution in [2.24, 2.45) is 0 Å². The van der Waals surface area contributed by atoms with Crippen LogP contribution >= 0.6 is 0 Å². The third-order valence-electron chi connectivity index (χ3n) is 4.00. The summed E-state index contributed by atoms with van der Waals surface area (Å²) in [7, 11) is 0. The number of rotatable bonds is 6. The van der Waals surface area contributed by atoms with Gasteiger partial charge in [0.25, 0.3) is 0 Å². The highest BCUT2D eigenvalue weighted by Gasteiger charge is 2.23. The summed E-state index contributed by atoms with van der Waals surface area (Å²) < 4.78 is 0. The summed E-state index contributed by atoms with van der Waals surface area (Å²) in [6, 6.07) is 2.77. The fraction of sp³-hybridized carbons (Fsp3) is 0.750. The van der Waals surface area contributed by atoms with Gasteiger partial charge in [0.15, 0.2) is 0 Å². The summed E-state index contributed by atoms with van der Waals surface area (Å²) >= 11 is 0. The van der Waals surface area contributed by atoms with E-state index in [1.54, 1.807) is 0 Å². The van der Waals surface area contributed by atoms with Gasteiger partial charge in [0.1, 0.15) is 17.5 Å². The van der Waals surface area contributed by atoms with Crippen LogP contribution in [0.4, 0.5) is 11.6 Å². The average molecular weight is 276 g/mol. The topological polar surface area (TPSA) is 41.0 Å². The van der Waals surface area contributed by atoms with Crippen LogP contribution in [0.25, 0.3) is 0 Å². The third-order valence-corrected chi connectivity index (χ3v) is 4.00. The van der Waals surface area contributed by atoms with Gasteiger partial charge in [-0.2, -0.15) is 0 Å². The predicted molar refractivity (Wildman–Crippen MR) is 85.6 cm³/mol. The van der Waals surface area contributed by atoms with Gasteiger partial charge >= 0.3 is 0 Å². The van der Waals surface area contributed by atoms with Gasteiger partial charge in [0, 0.05) is 31.1 Å². The quantitative estimate of drug-likeness (QED) is 0.858. The van der Waals surface area contributed by atoms with Crippen LogP contribution in [0, 0.1) is 0 Å². The Balaban J connectivity index is 2.31. The van der Waals surface area contributed by atoms with Crippen LogP contribution in [0.15, 0.2) is 6.07 Å². The fourth-order valence-corrected chi connectivity index (χ4v) is 2.95. The van der Waals surface area contributed by atoms with Crippen molar-refractivity contribution in [3.63, 3.8) is 0 Å². The lowest BCUT2D eigenvalue weighted by Gasteiger charge is -2.29. The maximum Gasteiger partial charge on any atom is 0.135 e. The van der Waals surface area contributed by atoms with Gasteiger partial charge in [-0.05, 0) is 26.7 Å². The zero-order valence-corrected chi connectivity index (χ0v) is 13.3. The molecule has 112 valence electrons. The molecule has 0 atom stereocenters. The summed E-state index contributed by atoms with van der Waals surface area (Å²) in [5.74, 6) is 3.34. The molecule has 1 aliphatic rings. The molecule has 1 fully saturated rings. The lowest BCUT2D eigenvalue weighted by atomic mass is 10.2. The van der Waals surface area contributed by atoms with Crippen molar-refractivity contribution >= 4 is 11.6 Å². The zero-order valence-electron chi connectivity index (χ0n) is 13.3. The molecule has 0 bridgehead atoms. The molecule has 0 spiro atoms. The Labute approximate surface area is 123 Å². The van der Waals surface area contributed by atoms with Gasteiger partial charge in [-0.15, -0.1) is 0 Å². The van der Waals surface area contributed by atoms with Gasteiger partial charge in [-0.3, -0.25) is 0 Å². The number of hydrogen-bond acceptors (Lipinski definition) is 4. The molecule has 2 rings (SSSR count). The minimum atomic E-state index is 0.356. The number of aromatic nitrogens is 2. The summed E-state index contributed by atoms with van der Waals surface area (Å²) in [6.07, 6.45) is 5.30. The normalized spacial score (nSPS) is 15.8. The van der Waals surface area contributed by atoms with Crippen LogP contribution < -0.4 is 10.2 Å². The number of nitrogens with one attached hydrogen (secondary N) is 1. The molecule has 1 saturated carbocycles. The van der Waals surface area contributed by atoms with Crippen molar-refractivity contribution in [3.05, 3.63) is 11.9 Å². The molecule has 1 heterocycles. The van der Waals surface area contributed by atoms with Gasteiger partial charge in [-0.1, -0.05) is 26.7 Å².